The van der Waals surface area contributed by atoms with Crippen molar-refractivity contribution in [3.8, 4) is 0 Å². The van der Waals surface area contributed by atoms with E-state index in [1.165, 1.54) is 0 Å². The molecule has 4 rings (SSSR count). The van der Waals surface area contributed by atoms with Crippen LogP contribution >= 0.6 is 0 Å². The van der Waals surface area contributed by atoms with Crippen LogP contribution in [0.5, 0.6) is 0 Å². The minimum atomic E-state index is -1.03. The van der Waals surface area contributed by atoms with Gasteiger partial charge >= 0.3 is 0 Å². The SMILES string of the molecule is c1ccc(C23OCCOC2(c2ccccc2)OO3)cc1. The Morgan fingerprint density at radius 1 is 0.600 bits per heavy atom. The Kier molecular flexibility index (Phi) is 2.65. The lowest BCUT2D eigenvalue weighted by molar-refractivity contribution is -0.693. The fraction of sp³-hybridized carbons (Fsp3) is 0.250. The molecule has 2 atom stereocenters. The molecule has 20 heavy (non-hydrogen) atoms. The van der Waals surface area contributed by atoms with E-state index in [0.29, 0.717) is 13.2 Å². The number of ether oxygens (including phenoxy) is 2. The molecule has 2 aromatic carbocycles. The van der Waals surface area contributed by atoms with Crippen LogP contribution in [0, 0.1) is 0 Å². The van der Waals surface area contributed by atoms with Crippen molar-refractivity contribution >= 4 is 0 Å². The van der Waals surface area contributed by atoms with Gasteiger partial charge in [-0.05, 0) is 0 Å². The van der Waals surface area contributed by atoms with Gasteiger partial charge in [-0.25, -0.2) is 0 Å². The normalized spacial score (nSPS) is 32.2. The second kappa shape index (κ2) is 4.40. The molecule has 0 spiro atoms. The molecule has 0 saturated carbocycles. The van der Waals surface area contributed by atoms with Gasteiger partial charge < -0.3 is 9.47 Å². The van der Waals surface area contributed by atoms with E-state index in [1.54, 1.807) is 0 Å². The quantitative estimate of drug-likeness (QED) is 0.786. The van der Waals surface area contributed by atoms with Crippen LogP contribution in [0.1, 0.15) is 11.1 Å². The first-order valence-corrected chi connectivity index (χ1v) is 6.63. The molecule has 102 valence electrons. The van der Waals surface area contributed by atoms with Gasteiger partial charge in [-0.15, -0.1) is 0 Å². The second-order valence-electron chi connectivity index (χ2n) is 4.83. The van der Waals surface area contributed by atoms with Crippen molar-refractivity contribution in [2.45, 2.75) is 11.6 Å². The molecule has 4 heteroatoms. The van der Waals surface area contributed by atoms with E-state index in [4.69, 9.17) is 19.2 Å². The summed E-state index contributed by atoms with van der Waals surface area (Å²) < 4.78 is 11.9. The number of hydrogen-bond acceptors (Lipinski definition) is 4. The van der Waals surface area contributed by atoms with Crippen LogP contribution in [0.4, 0.5) is 0 Å². The van der Waals surface area contributed by atoms with Gasteiger partial charge in [-0.3, -0.25) is 0 Å². The lowest BCUT2D eigenvalue weighted by Crippen LogP contribution is -2.67. The summed E-state index contributed by atoms with van der Waals surface area (Å²) in [4.78, 5) is 10.8. The number of hydrogen-bond donors (Lipinski definition) is 0. The molecule has 4 nitrogen and oxygen atoms in total. The van der Waals surface area contributed by atoms with Crippen molar-refractivity contribution < 1.29 is 19.2 Å². The standard InChI is InChI=1S/C16H14O4/c1-3-7-13(8-4-1)15-16(20-19-15,18-12-11-17-15)14-9-5-2-6-10-14/h1-10H,11-12H2. The maximum absolute atomic E-state index is 5.94. The number of rotatable bonds is 2. The molecule has 0 aromatic heterocycles. The fourth-order valence-electron chi connectivity index (χ4n) is 2.76. The van der Waals surface area contributed by atoms with Crippen molar-refractivity contribution in [1.29, 1.82) is 0 Å². The Labute approximate surface area is 116 Å². The monoisotopic (exact) mass is 270 g/mol. The maximum atomic E-state index is 5.94. The third-order valence-corrected chi connectivity index (χ3v) is 3.71. The van der Waals surface area contributed by atoms with E-state index >= 15 is 0 Å². The topological polar surface area (TPSA) is 36.9 Å². The summed E-state index contributed by atoms with van der Waals surface area (Å²) in [5.74, 6) is -2.07. The smallest absolute Gasteiger partial charge is 0.290 e. The molecule has 2 fully saturated rings. The van der Waals surface area contributed by atoms with Crippen molar-refractivity contribution in [1.82, 2.24) is 0 Å². The molecule has 0 amide bonds. The minimum Gasteiger partial charge on any atom is -0.337 e. The largest absolute Gasteiger partial charge is 0.337 e. The Balaban J connectivity index is 1.86. The Morgan fingerprint density at radius 2 is 1.00 bits per heavy atom. The number of fused-ring (bicyclic) bond motifs is 1. The second-order valence-corrected chi connectivity index (χ2v) is 4.83. The minimum absolute atomic E-state index is 0.465. The highest BCUT2D eigenvalue weighted by molar-refractivity contribution is 5.32. The first-order chi connectivity index (χ1) is 9.87. The predicted octanol–water partition coefficient (Wildman–Crippen LogP) is 2.70. The zero-order valence-corrected chi connectivity index (χ0v) is 10.8. The molecule has 2 heterocycles. The van der Waals surface area contributed by atoms with E-state index in [0.717, 1.165) is 11.1 Å². The lowest BCUT2D eigenvalue weighted by Gasteiger charge is -2.56. The van der Waals surface area contributed by atoms with Gasteiger partial charge in [0, 0.05) is 11.1 Å². The predicted molar refractivity (Wildman–Crippen MR) is 70.3 cm³/mol. The zero-order valence-electron chi connectivity index (χ0n) is 10.8. The summed E-state index contributed by atoms with van der Waals surface area (Å²) in [6.07, 6.45) is 0. The van der Waals surface area contributed by atoms with Crippen LogP contribution in [0.25, 0.3) is 0 Å². The van der Waals surface area contributed by atoms with Gasteiger partial charge in [0.2, 0.25) is 0 Å². The summed E-state index contributed by atoms with van der Waals surface area (Å²) in [7, 11) is 0. The molecular weight excluding hydrogens is 256 g/mol. The van der Waals surface area contributed by atoms with Crippen LogP contribution in [0.15, 0.2) is 60.7 Å². The third-order valence-electron chi connectivity index (χ3n) is 3.71. The molecule has 0 aliphatic carbocycles. The van der Waals surface area contributed by atoms with Crippen LogP contribution in [-0.2, 0) is 30.8 Å². The van der Waals surface area contributed by atoms with Gasteiger partial charge in [-0.1, -0.05) is 60.7 Å². The zero-order chi connectivity index (χ0) is 13.5. The Bertz CT molecular complexity index is 545. The first kappa shape index (κ1) is 12.1. The van der Waals surface area contributed by atoms with Crippen LogP contribution < -0.4 is 0 Å². The summed E-state index contributed by atoms with van der Waals surface area (Å²) in [6.45, 7) is 0.930. The highest BCUT2D eigenvalue weighted by Gasteiger charge is 2.71. The van der Waals surface area contributed by atoms with Gasteiger partial charge in [0.1, 0.15) is 0 Å². The van der Waals surface area contributed by atoms with Crippen molar-refractivity contribution in [3.05, 3.63) is 71.8 Å². The average Bonchev–Trinajstić information content (AvgIpc) is 2.51. The van der Waals surface area contributed by atoms with Crippen molar-refractivity contribution in [2.24, 2.45) is 0 Å². The van der Waals surface area contributed by atoms with Gasteiger partial charge in [-0.2, -0.15) is 9.78 Å². The molecule has 2 unspecified atom stereocenters. The van der Waals surface area contributed by atoms with Crippen LogP contribution in [-0.4, -0.2) is 13.2 Å². The van der Waals surface area contributed by atoms with Gasteiger partial charge in [0.25, 0.3) is 11.6 Å². The summed E-state index contributed by atoms with van der Waals surface area (Å²) in [6, 6.07) is 19.5. The molecule has 2 aromatic rings. The van der Waals surface area contributed by atoms with E-state index < -0.39 is 11.6 Å². The molecule has 2 saturated heterocycles. The van der Waals surface area contributed by atoms with Gasteiger partial charge in [0.15, 0.2) is 0 Å². The van der Waals surface area contributed by atoms with Crippen molar-refractivity contribution in [2.75, 3.05) is 13.2 Å². The van der Waals surface area contributed by atoms with Crippen LogP contribution in [0.2, 0.25) is 0 Å². The first-order valence-electron chi connectivity index (χ1n) is 6.63. The molecule has 0 N–H and O–H groups in total. The van der Waals surface area contributed by atoms with Crippen LogP contribution in [0.3, 0.4) is 0 Å². The van der Waals surface area contributed by atoms with E-state index in [-0.39, 0.29) is 0 Å². The maximum Gasteiger partial charge on any atom is 0.290 e. The Morgan fingerprint density at radius 3 is 1.35 bits per heavy atom. The molecule has 0 radical (unpaired) electrons. The third kappa shape index (κ3) is 1.45. The molecule has 0 bridgehead atoms. The Hall–Kier alpha value is -1.72. The molecule has 2 aliphatic rings. The number of benzene rings is 2. The highest BCUT2D eigenvalue weighted by atomic mass is 17.3. The van der Waals surface area contributed by atoms with Gasteiger partial charge in [0.05, 0.1) is 13.2 Å². The fourth-order valence-corrected chi connectivity index (χ4v) is 2.76. The molecular formula is C16H14O4. The summed E-state index contributed by atoms with van der Waals surface area (Å²) in [5, 5.41) is 0. The lowest BCUT2D eigenvalue weighted by atomic mass is 9.88. The van der Waals surface area contributed by atoms with E-state index in [9.17, 15) is 0 Å². The molecule has 2 aliphatic heterocycles. The van der Waals surface area contributed by atoms with E-state index in [2.05, 4.69) is 0 Å². The summed E-state index contributed by atoms with van der Waals surface area (Å²) >= 11 is 0. The highest BCUT2D eigenvalue weighted by Crippen LogP contribution is 2.57. The summed E-state index contributed by atoms with van der Waals surface area (Å²) in [5.41, 5.74) is 1.77. The van der Waals surface area contributed by atoms with E-state index in [1.807, 2.05) is 60.7 Å². The average molecular weight is 270 g/mol. The van der Waals surface area contributed by atoms with Crippen molar-refractivity contribution in [3.63, 3.8) is 0 Å².